The molecular weight excluding hydrogens is 315 g/mol. The van der Waals surface area contributed by atoms with Crippen LogP contribution < -0.4 is 5.73 Å². The summed E-state index contributed by atoms with van der Waals surface area (Å²) >= 11 is 5.81. The lowest BCUT2D eigenvalue weighted by Gasteiger charge is -2.01. The van der Waals surface area contributed by atoms with Crippen molar-refractivity contribution in [3.8, 4) is 0 Å². The zero-order valence-corrected chi connectivity index (χ0v) is 12.2. The van der Waals surface area contributed by atoms with Gasteiger partial charge >= 0.3 is 0 Å². The molecule has 1 heterocycles. The Morgan fingerprint density at radius 3 is 2.90 bits per heavy atom. The Kier molecular flexibility index (Phi) is 3.65. The predicted molar refractivity (Wildman–Crippen MR) is 79.9 cm³/mol. The van der Waals surface area contributed by atoms with E-state index in [4.69, 9.17) is 21.8 Å². The number of halogens is 2. The number of benzene rings is 2. The summed E-state index contributed by atoms with van der Waals surface area (Å²) in [5, 5.41) is 0.420. The molecule has 0 radical (unpaired) electrons. The number of hydrogen-bond donors (Lipinski definition) is 1. The van der Waals surface area contributed by atoms with Gasteiger partial charge < -0.3 is 10.2 Å². The summed E-state index contributed by atoms with van der Waals surface area (Å²) in [6.45, 7) is 0. The fourth-order valence-electron chi connectivity index (χ4n) is 1.88. The smallest absolute Gasteiger partial charge is 0.288 e. The van der Waals surface area contributed by atoms with E-state index in [1.165, 1.54) is 18.2 Å². The van der Waals surface area contributed by atoms with Gasteiger partial charge in [0, 0.05) is 16.3 Å². The maximum atomic E-state index is 13.6. The highest BCUT2D eigenvalue weighted by molar-refractivity contribution is 7.84. The van der Waals surface area contributed by atoms with Gasteiger partial charge in [-0.05, 0) is 36.4 Å². The van der Waals surface area contributed by atoms with Crippen molar-refractivity contribution in [2.45, 2.75) is 11.0 Å². The Morgan fingerprint density at radius 1 is 1.29 bits per heavy atom. The van der Waals surface area contributed by atoms with Crippen molar-refractivity contribution >= 4 is 39.2 Å². The van der Waals surface area contributed by atoms with Crippen LogP contribution in [0.25, 0.3) is 11.1 Å². The van der Waals surface area contributed by atoms with Gasteiger partial charge in [-0.15, -0.1) is 0 Å². The van der Waals surface area contributed by atoms with Gasteiger partial charge in [0.1, 0.15) is 22.1 Å². The normalized spacial score (nSPS) is 12.7. The molecule has 0 amide bonds. The average molecular weight is 325 g/mol. The van der Waals surface area contributed by atoms with E-state index < -0.39 is 16.6 Å². The summed E-state index contributed by atoms with van der Waals surface area (Å²) in [6, 6.07) is 9.05. The molecule has 3 aromatic rings. The first kappa shape index (κ1) is 14.0. The van der Waals surface area contributed by atoms with E-state index in [9.17, 15) is 8.60 Å². The van der Waals surface area contributed by atoms with Crippen molar-refractivity contribution in [1.29, 1.82) is 0 Å². The largest absolute Gasteiger partial charge is 0.430 e. The molecule has 0 aliphatic rings. The van der Waals surface area contributed by atoms with Crippen molar-refractivity contribution < 1.29 is 13.0 Å². The highest BCUT2D eigenvalue weighted by atomic mass is 35.5. The van der Waals surface area contributed by atoms with Gasteiger partial charge in [-0.1, -0.05) is 11.6 Å². The maximum Gasteiger partial charge on any atom is 0.288 e. The van der Waals surface area contributed by atoms with Gasteiger partial charge in [0.25, 0.3) is 5.22 Å². The number of aromatic nitrogens is 1. The molecule has 108 valence electrons. The van der Waals surface area contributed by atoms with Crippen LogP contribution in [0.15, 0.2) is 46.0 Å². The quantitative estimate of drug-likeness (QED) is 0.748. The monoisotopic (exact) mass is 324 g/mol. The number of nitrogen functional groups attached to an aromatic ring is 1. The molecule has 0 spiro atoms. The molecule has 1 unspecified atom stereocenters. The van der Waals surface area contributed by atoms with Gasteiger partial charge in [0.15, 0.2) is 5.58 Å². The Morgan fingerprint density at radius 2 is 2.10 bits per heavy atom. The van der Waals surface area contributed by atoms with E-state index in [2.05, 4.69) is 4.98 Å². The van der Waals surface area contributed by atoms with Crippen molar-refractivity contribution in [3.05, 3.63) is 52.8 Å². The van der Waals surface area contributed by atoms with E-state index in [0.717, 1.165) is 0 Å². The lowest BCUT2D eigenvalue weighted by molar-refractivity contribution is 0.477. The molecule has 1 aromatic heterocycles. The van der Waals surface area contributed by atoms with E-state index in [1.807, 2.05) is 0 Å². The Labute approximate surface area is 127 Å². The number of rotatable bonds is 3. The SMILES string of the molecule is Nc1ccc2oc(S(=O)Cc3cc(Cl)ccc3F)nc2c1. The zero-order chi connectivity index (χ0) is 15.0. The number of hydrogen-bond acceptors (Lipinski definition) is 4. The van der Waals surface area contributed by atoms with Gasteiger partial charge in [0.2, 0.25) is 0 Å². The Hall–Kier alpha value is -1.92. The van der Waals surface area contributed by atoms with Crippen LogP contribution in [0.4, 0.5) is 10.1 Å². The van der Waals surface area contributed by atoms with Crippen LogP contribution in [0.5, 0.6) is 0 Å². The summed E-state index contributed by atoms with van der Waals surface area (Å²) < 4.78 is 31.3. The van der Waals surface area contributed by atoms with Crippen LogP contribution in [-0.4, -0.2) is 9.19 Å². The van der Waals surface area contributed by atoms with Crippen LogP contribution in [0.3, 0.4) is 0 Å². The maximum absolute atomic E-state index is 13.6. The van der Waals surface area contributed by atoms with Gasteiger partial charge in [-0.25, -0.2) is 13.6 Å². The highest BCUT2D eigenvalue weighted by Crippen LogP contribution is 2.23. The fraction of sp³-hybridized carbons (Fsp3) is 0.0714. The standard InChI is InChI=1S/C14H10ClFN2O2S/c15-9-1-3-11(16)8(5-9)7-21(19)14-18-12-6-10(17)2-4-13(12)20-14/h1-6H,7,17H2. The molecule has 2 N–H and O–H groups in total. The van der Waals surface area contributed by atoms with Crippen molar-refractivity contribution in [2.75, 3.05) is 5.73 Å². The highest BCUT2D eigenvalue weighted by Gasteiger charge is 2.16. The van der Waals surface area contributed by atoms with Gasteiger partial charge in [-0.2, -0.15) is 0 Å². The second-order valence-electron chi connectivity index (χ2n) is 4.43. The van der Waals surface area contributed by atoms with Crippen molar-refractivity contribution in [1.82, 2.24) is 4.98 Å². The van der Waals surface area contributed by atoms with Crippen molar-refractivity contribution in [2.24, 2.45) is 0 Å². The molecular formula is C14H10ClFN2O2S. The van der Waals surface area contributed by atoms with Crippen LogP contribution in [0.1, 0.15) is 5.56 Å². The number of fused-ring (bicyclic) bond motifs is 1. The third-order valence-corrected chi connectivity index (χ3v) is 4.25. The third kappa shape index (κ3) is 2.91. The molecule has 0 bridgehead atoms. The van der Waals surface area contributed by atoms with Crippen LogP contribution >= 0.6 is 11.6 Å². The summed E-state index contributed by atoms with van der Waals surface area (Å²) in [6.07, 6.45) is 0. The summed E-state index contributed by atoms with van der Waals surface area (Å²) in [4.78, 5) is 4.12. The molecule has 0 aliphatic heterocycles. The molecule has 1 atom stereocenters. The summed E-state index contributed by atoms with van der Waals surface area (Å²) in [5.41, 5.74) is 7.44. The first-order valence-electron chi connectivity index (χ1n) is 6.01. The molecule has 21 heavy (non-hydrogen) atoms. The second kappa shape index (κ2) is 5.46. The number of nitrogens with two attached hydrogens (primary N) is 1. The molecule has 2 aromatic carbocycles. The summed E-state index contributed by atoms with van der Waals surface area (Å²) in [5.74, 6) is -0.526. The number of oxazole rings is 1. The molecule has 7 heteroatoms. The first-order chi connectivity index (χ1) is 10.0. The topological polar surface area (TPSA) is 69.1 Å². The van der Waals surface area contributed by atoms with E-state index in [-0.39, 0.29) is 16.5 Å². The molecule has 0 saturated carbocycles. The van der Waals surface area contributed by atoms with Crippen LogP contribution in [0.2, 0.25) is 5.02 Å². The Bertz CT molecular complexity index is 850. The number of nitrogens with zero attached hydrogens (tertiary/aromatic N) is 1. The molecule has 0 aliphatic carbocycles. The average Bonchev–Trinajstić information content (AvgIpc) is 2.86. The van der Waals surface area contributed by atoms with Gasteiger partial charge in [0.05, 0.1) is 5.75 Å². The molecule has 0 fully saturated rings. The number of anilines is 1. The van der Waals surface area contributed by atoms with Crippen LogP contribution in [0, 0.1) is 5.82 Å². The molecule has 3 rings (SSSR count). The zero-order valence-electron chi connectivity index (χ0n) is 10.7. The molecule has 0 saturated heterocycles. The lowest BCUT2D eigenvalue weighted by Crippen LogP contribution is -1.99. The van der Waals surface area contributed by atoms with E-state index in [1.54, 1.807) is 18.2 Å². The summed E-state index contributed by atoms with van der Waals surface area (Å²) in [7, 11) is -1.61. The van der Waals surface area contributed by atoms with Crippen LogP contribution in [-0.2, 0) is 16.6 Å². The van der Waals surface area contributed by atoms with Gasteiger partial charge in [-0.3, -0.25) is 0 Å². The predicted octanol–water partition coefficient (Wildman–Crippen LogP) is 3.51. The van der Waals surface area contributed by atoms with E-state index in [0.29, 0.717) is 21.8 Å². The lowest BCUT2D eigenvalue weighted by atomic mass is 10.2. The Balaban J connectivity index is 1.91. The van der Waals surface area contributed by atoms with E-state index >= 15 is 0 Å². The minimum absolute atomic E-state index is 0.0370. The fourth-order valence-corrected chi connectivity index (χ4v) is 3.08. The third-order valence-electron chi connectivity index (χ3n) is 2.88. The second-order valence-corrected chi connectivity index (χ2v) is 6.20. The molecule has 4 nitrogen and oxygen atoms in total. The minimum Gasteiger partial charge on any atom is -0.430 e. The minimum atomic E-state index is -1.61. The first-order valence-corrected chi connectivity index (χ1v) is 7.71. The van der Waals surface area contributed by atoms with Crippen molar-refractivity contribution in [3.63, 3.8) is 0 Å².